The van der Waals surface area contributed by atoms with Crippen LogP contribution in [-0.4, -0.2) is 4.57 Å². The number of hydrogen-bond acceptors (Lipinski definition) is 2. The maximum absolute atomic E-state index is 6.38. The number of anilines is 3. The van der Waals surface area contributed by atoms with Crippen molar-refractivity contribution in [3.63, 3.8) is 0 Å². The summed E-state index contributed by atoms with van der Waals surface area (Å²) in [6.07, 6.45) is 0. The number of hydrogen-bond donors (Lipinski definition) is 0. The molecule has 0 saturated heterocycles. The van der Waals surface area contributed by atoms with Gasteiger partial charge in [0.2, 0.25) is 0 Å². The lowest BCUT2D eigenvalue weighted by atomic mass is 9.99. The molecule has 212 valence electrons. The Hall–Kier alpha value is -6.06. The summed E-state index contributed by atoms with van der Waals surface area (Å²) in [5.41, 5.74) is 10.8. The highest BCUT2D eigenvalue weighted by atomic mass is 16.3. The summed E-state index contributed by atoms with van der Waals surface area (Å²) in [6, 6.07) is 60.1. The van der Waals surface area contributed by atoms with Crippen molar-refractivity contribution in [1.82, 2.24) is 4.57 Å². The van der Waals surface area contributed by atoms with E-state index in [-0.39, 0.29) is 0 Å². The topological polar surface area (TPSA) is 21.3 Å². The Morgan fingerprint density at radius 3 is 1.96 bits per heavy atom. The van der Waals surface area contributed by atoms with Crippen LogP contribution in [0.5, 0.6) is 0 Å². The second-order valence-electron chi connectivity index (χ2n) is 11.4. The third-order valence-corrected chi connectivity index (χ3v) is 8.77. The predicted octanol–water partition coefficient (Wildman–Crippen LogP) is 11.8. The molecule has 0 unspecified atom stereocenters. The van der Waals surface area contributed by atoms with Crippen molar-refractivity contribution in [3.8, 4) is 16.8 Å². The van der Waals surface area contributed by atoms with Crippen molar-refractivity contribution in [2.45, 2.75) is 0 Å². The lowest BCUT2D eigenvalue weighted by Gasteiger charge is -2.27. The summed E-state index contributed by atoms with van der Waals surface area (Å²) >= 11 is 0. The third-order valence-electron chi connectivity index (χ3n) is 8.77. The first-order valence-electron chi connectivity index (χ1n) is 15.3. The molecule has 0 saturated carbocycles. The first-order valence-corrected chi connectivity index (χ1v) is 15.3. The van der Waals surface area contributed by atoms with Crippen molar-refractivity contribution in [3.05, 3.63) is 170 Å². The summed E-state index contributed by atoms with van der Waals surface area (Å²) in [6.45, 7) is 0. The standard InChI is InChI=1S/C42H28N2O/c1-4-14-29(15-5-1)33-21-12-23-37-41(33)36-22-13-24-38(42(36)44(37)31-18-8-3-9-19-31)43(30-16-6-2-7-17-30)32-26-27-35-34-20-10-11-25-39(34)45-40(35)28-32/h1-28H. The summed E-state index contributed by atoms with van der Waals surface area (Å²) in [7, 11) is 0. The molecule has 2 aromatic heterocycles. The molecule has 0 atom stereocenters. The largest absolute Gasteiger partial charge is 0.456 e. The summed E-state index contributed by atoms with van der Waals surface area (Å²) < 4.78 is 8.80. The number of rotatable bonds is 5. The number of benzene rings is 7. The second-order valence-corrected chi connectivity index (χ2v) is 11.4. The smallest absolute Gasteiger partial charge is 0.137 e. The molecule has 0 amide bonds. The molecule has 7 aromatic carbocycles. The normalized spacial score (nSPS) is 11.6. The minimum absolute atomic E-state index is 0.872. The molecule has 9 rings (SSSR count). The monoisotopic (exact) mass is 576 g/mol. The van der Waals surface area contributed by atoms with E-state index in [2.05, 4.69) is 167 Å². The molecular formula is C42H28N2O. The molecule has 0 aliphatic carbocycles. The van der Waals surface area contributed by atoms with Gasteiger partial charge in [0.25, 0.3) is 0 Å². The summed E-state index contributed by atoms with van der Waals surface area (Å²) in [4.78, 5) is 2.36. The number of aromatic nitrogens is 1. The minimum Gasteiger partial charge on any atom is -0.456 e. The van der Waals surface area contributed by atoms with Crippen LogP contribution in [0.4, 0.5) is 17.1 Å². The van der Waals surface area contributed by atoms with Crippen LogP contribution < -0.4 is 4.90 Å². The molecule has 2 heterocycles. The van der Waals surface area contributed by atoms with Crippen LogP contribution in [0.2, 0.25) is 0 Å². The van der Waals surface area contributed by atoms with Crippen LogP contribution in [0.25, 0.3) is 60.6 Å². The van der Waals surface area contributed by atoms with Gasteiger partial charge in [-0.3, -0.25) is 0 Å². The molecule has 3 nitrogen and oxygen atoms in total. The SMILES string of the molecule is c1ccc(-c2cccc3c2c2cccc(N(c4ccccc4)c4ccc5c(c4)oc4ccccc45)c2n3-c2ccccc2)cc1. The van der Waals surface area contributed by atoms with Crippen molar-refractivity contribution in [1.29, 1.82) is 0 Å². The van der Waals surface area contributed by atoms with E-state index in [0.717, 1.165) is 50.2 Å². The van der Waals surface area contributed by atoms with E-state index in [1.54, 1.807) is 0 Å². The first-order chi connectivity index (χ1) is 22.3. The van der Waals surface area contributed by atoms with Gasteiger partial charge in [0, 0.05) is 44.7 Å². The molecule has 0 aliphatic heterocycles. The maximum atomic E-state index is 6.38. The predicted molar refractivity (Wildman–Crippen MR) is 188 cm³/mol. The van der Waals surface area contributed by atoms with Gasteiger partial charge in [-0.15, -0.1) is 0 Å². The molecule has 45 heavy (non-hydrogen) atoms. The zero-order valence-electron chi connectivity index (χ0n) is 24.5. The van der Waals surface area contributed by atoms with Crippen LogP contribution in [0.15, 0.2) is 174 Å². The van der Waals surface area contributed by atoms with E-state index in [1.807, 2.05) is 12.1 Å². The van der Waals surface area contributed by atoms with E-state index in [9.17, 15) is 0 Å². The molecule has 0 radical (unpaired) electrons. The highest BCUT2D eigenvalue weighted by molar-refractivity contribution is 6.19. The summed E-state index contributed by atoms with van der Waals surface area (Å²) in [5, 5.41) is 4.69. The fourth-order valence-corrected chi connectivity index (χ4v) is 6.84. The molecule has 0 fully saturated rings. The second kappa shape index (κ2) is 10.3. The molecule has 0 bridgehead atoms. The third kappa shape index (κ3) is 4.05. The average Bonchev–Trinajstić information content (AvgIpc) is 3.66. The Bertz CT molecular complexity index is 2470. The minimum atomic E-state index is 0.872. The van der Waals surface area contributed by atoms with Gasteiger partial charge in [-0.05, 0) is 65.7 Å². The lowest BCUT2D eigenvalue weighted by Crippen LogP contribution is -2.11. The lowest BCUT2D eigenvalue weighted by molar-refractivity contribution is 0.669. The van der Waals surface area contributed by atoms with Crippen molar-refractivity contribution in [2.24, 2.45) is 0 Å². The first kappa shape index (κ1) is 25.4. The van der Waals surface area contributed by atoms with Gasteiger partial charge in [0.15, 0.2) is 0 Å². The van der Waals surface area contributed by atoms with E-state index in [4.69, 9.17) is 4.42 Å². The molecule has 0 aliphatic rings. The van der Waals surface area contributed by atoms with Crippen molar-refractivity contribution in [2.75, 3.05) is 4.90 Å². The number of nitrogens with zero attached hydrogens (tertiary/aromatic N) is 2. The van der Waals surface area contributed by atoms with Gasteiger partial charge < -0.3 is 13.9 Å². The Morgan fingerprint density at radius 2 is 1.13 bits per heavy atom. The van der Waals surface area contributed by atoms with Crippen LogP contribution >= 0.6 is 0 Å². The van der Waals surface area contributed by atoms with Crippen LogP contribution in [0.3, 0.4) is 0 Å². The molecule has 0 spiro atoms. The average molecular weight is 577 g/mol. The highest BCUT2D eigenvalue weighted by Gasteiger charge is 2.23. The number of para-hydroxylation sites is 4. The van der Waals surface area contributed by atoms with Crippen molar-refractivity contribution >= 4 is 60.8 Å². The zero-order valence-corrected chi connectivity index (χ0v) is 24.5. The van der Waals surface area contributed by atoms with Gasteiger partial charge in [-0.1, -0.05) is 109 Å². The Morgan fingerprint density at radius 1 is 0.467 bits per heavy atom. The Balaban J connectivity index is 1.39. The van der Waals surface area contributed by atoms with Crippen LogP contribution in [0.1, 0.15) is 0 Å². The highest BCUT2D eigenvalue weighted by Crippen LogP contribution is 2.46. The zero-order chi connectivity index (χ0) is 29.7. The van der Waals surface area contributed by atoms with Gasteiger partial charge in [0.1, 0.15) is 11.2 Å². The van der Waals surface area contributed by atoms with Gasteiger partial charge in [0.05, 0.1) is 16.7 Å². The van der Waals surface area contributed by atoms with Crippen molar-refractivity contribution < 1.29 is 4.42 Å². The van der Waals surface area contributed by atoms with E-state index in [1.165, 1.54) is 27.4 Å². The van der Waals surface area contributed by atoms with E-state index in [0.29, 0.717) is 0 Å². The maximum Gasteiger partial charge on any atom is 0.137 e. The van der Waals surface area contributed by atoms with Crippen LogP contribution in [0, 0.1) is 0 Å². The number of fused-ring (bicyclic) bond motifs is 6. The van der Waals surface area contributed by atoms with Crippen LogP contribution in [-0.2, 0) is 0 Å². The quantitative estimate of drug-likeness (QED) is 0.203. The molecule has 9 aromatic rings. The van der Waals surface area contributed by atoms with E-state index < -0.39 is 0 Å². The van der Waals surface area contributed by atoms with Gasteiger partial charge >= 0.3 is 0 Å². The molecule has 3 heteroatoms. The van der Waals surface area contributed by atoms with Gasteiger partial charge in [-0.25, -0.2) is 0 Å². The fraction of sp³-hybridized carbons (Fsp3) is 0. The van der Waals surface area contributed by atoms with Gasteiger partial charge in [-0.2, -0.15) is 0 Å². The molecule has 0 N–H and O–H groups in total. The summed E-state index contributed by atoms with van der Waals surface area (Å²) in [5.74, 6) is 0. The van der Waals surface area contributed by atoms with E-state index >= 15 is 0 Å². The Kier molecular flexibility index (Phi) is 5.82. The Labute approximate surface area is 260 Å². The fourth-order valence-electron chi connectivity index (χ4n) is 6.84. The number of furan rings is 1. The molecular weight excluding hydrogens is 548 g/mol.